The summed E-state index contributed by atoms with van der Waals surface area (Å²) in [7, 11) is 0. The molecule has 0 unspecified atom stereocenters. The van der Waals surface area contributed by atoms with Crippen molar-refractivity contribution in [2.75, 3.05) is 18.1 Å². The molecule has 1 N–H and O–H groups in total. The Morgan fingerprint density at radius 1 is 1.10 bits per heavy atom. The maximum atomic E-state index is 12.9. The zero-order valence-corrected chi connectivity index (χ0v) is 11.1. The number of aliphatic hydroxyl groups is 1. The molecule has 0 saturated carbocycles. The largest absolute Gasteiger partial charge is 0.490 e. The van der Waals surface area contributed by atoms with Gasteiger partial charge in [0.15, 0.2) is 0 Å². The molecule has 0 amide bonds. The number of halogens is 1. The molecule has 1 aliphatic heterocycles. The lowest BCUT2D eigenvalue weighted by molar-refractivity contribution is 0.280. The third-order valence-electron chi connectivity index (χ3n) is 3.45. The van der Waals surface area contributed by atoms with Crippen molar-refractivity contribution in [2.45, 2.75) is 13.2 Å². The Kier molecular flexibility index (Phi) is 3.56. The Morgan fingerprint density at radius 3 is 2.60 bits per heavy atom. The van der Waals surface area contributed by atoms with Gasteiger partial charge >= 0.3 is 0 Å². The van der Waals surface area contributed by atoms with E-state index in [9.17, 15) is 9.50 Å². The van der Waals surface area contributed by atoms with Gasteiger partial charge in [-0.25, -0.2) is 4.39 Å². The summed E-state index contributed by atoms with van der Waals surface area (Å²) < 4.78 is 18.6. The lowest BCUT2D eigenvalue weighted by atomic mass is 10.1. The standard InChI is InChI=1S/C16H16FNO2/c17-14-4-1-12(2-5-14)10-18-7-8-20-16-6-3-13(11-19)9-15(16)18/h1-6,9,19H,7-8,10-11H2. The van der Waals surface area contributed by atoms with Gasteiger partial charge in [-0.3, -0.25) is 0 Å². The van der Waals surface area contributed by atoms with Crippen molar-refractivity contribution in [1.29, 1.82) is 0 Å². The molecule has 0 saturated heterocycles. The summed E-state index contributed by atoms with van der Waals surface area (Å²) in [6, 6.07) is 12.2. The fraction of sp³-hybridized carbons (Fsp3) is 0.250. The molecule has 0 fully saturated rings. The number of hydrogen-bond donors (Lipinski definition) is 1. The summed E-state index contributed by atoms with van der Waals surface area (Å²) in [6.07, 6.45) is 0. The van der Waals surface area contributed by atoms with Crippen molar-refractivity contribution >= 4 is 5.69 Å². The highest BCUT2D eigenvalue weighted by atomic mass is 19.1. The van der Waals surface area contributed by atoms with E-state index in [1.54, 1.807) is 12.1 Å². The Labute approximate surface area is 117 Å². The summed E-state index contributed by atoms with van der Waals surface area (Å²) in [5.74, 6) is 0.606. The van der Waals surface area contributed by atoms with Gasteiger partial charge in [-0.2, -0.15) is 0 Å². The summed E-state index contributed by atoms with van der Waals surface area (Å²) in [6.45, 7) is 2.12. The van der Waals surface area contributed by atoms with Crippen LogP contribution in [0, 0.1) is 5.82 Å². The highest BCUT2D eigenvalue weighted by molar-refractivity contribution is 5.61. The van der Waals surface area contributed by atoms with Crippen molar-refractivity contribution in [3.05, 3.63) is 59.4 Å². The quantitative estimate of drug-likeness (QED) is 0.933. The predicted molar refractivity (Wildman–Crippen MR) is 75.3 cm³/mol. The molecule has 1 aliphatic rings. The van der Waals surface area contributed by atoms with Crippen molar-refractivity contribution in [1.82, 2.24) is 0 Å². The van der Waals surface area contributed by atoms with Gasteiger partial charge < -0.3 is 14.7 Å². The monoisotopic (exact) mass is 273 g/mol. The minimum atomic E-state index is -0.223. The smallest absolute Gasteiger partial charge is 0.142 e. The molecule has 20 heavy (non-hydrogen) atoms. The molecule has 4 heteroatoms. The average molecular weight is 273 g/mol. The van der Waals surface area contributed by atoms with Crippen LogP contribution < -0.4 is 9.64 Å². The summed E-state index contributed by atoms with van der Waals surface area (Å²) in [4.78, 5) is 2.19. The lowest BCUT2D eigenvalue weighted by Gasteiger charge is -2.31. The Balaban J connectivity index is 1.87. The molecule has 2 aromatic rings. The van der Waals surface area contributed by atoms with E-state index in [-0.39, 0.29) is 12.4 Å². The van der Waals surface area contributed by atoms with Crippen LogP contribution in [-0.2, 0) is 13.2 Å². The molecule has 0 atom stereocenters. The molecule has 3 rings (SSSR count). The van der Waals surface area contributed by atoms with E-state index >= 15 is 0 Å². The van der Waals surface area contributed by atoms with Gasteiger partial charge in [0.25, 0.3) is 0 Å². The molecular weight excluding hydrogens is 257 g/mol. The van der Waals surface area contributed by atoms with Crippen molar-refractivity contribution in [3.63, 3.8) is 0 Å². The van der Waals surface area contributed by atoms with E-state index < -0.39 is 0 Å². The highest BCUT2D eigenvalue weighted by Gasteiger charge is 2.18. The zero-order valence-electron chi connectivity index (χ0n) is 11.1. The second kappa shape index (κ2) is 5.51. The van der Waals surface area contributed by atoms with Crippen LogP contribution in [0.25, 0.3) is 0 Å². The van der Waals surface area contributed by atoms with E-state index in [0.717, 1.165) is 29.1 Å². The lowest BCUT2D eigenvalue weighted by Crippen LogP contribution is -2.32. The highest BCUT2D eigenvalue weighted by Crippen LogP contribution is 2.33. The van der Waals surface area contributed by atoms with Crippen LogP contribution in [0.2, 0.25) is 0 Å². The molecule has 0 aliphatic carbocycles. The number of anilines is 1. The maximum absolute atomic E-state index is 12.9. The number of fused-ring (bicyclic) bond motifs is 1. The minimum Gasteiger partial charge on any atom is -0.490 e. The van der Waals surface area contributed by atoms with E-state index in [1.807, 2.05) is 18.2 Å². The number of aliphatic hydroxyl groups excluding tert-OH is 1. The molecular formula is C16H16FNO2. The van der Waals surface area contributed by atoms with E-state index in [4.69, 9.17) is 4.74 Å². The van der Waals surface area contributed by atoms with Gasteiger partial charge in [0.2, 0.25) is 0 Å². The first-order valence-corrected chi connectivity index (χ1v) is 6.62. The third kappa shape index (κ3) is 2.60. The van der Waals surface area contributed by atoms with E-state index in [0.29, 0.717) is 13.2 Å². The second-order valence-corrected chi connectivity index (χ2v) is 4.86. The molecule has 104 valence electrons. The normalized spacial score (nSPS) is 13.8. The predicted octanol–water partition coefficient (Wildman–Crippen LogP) is 2.72. The summed E-state index contributed by atoms with van der Waals surface area (Å²) in [5, 5.41) is 9.24. The van der Waals surface area contributed by atoms with E-state index in [1.165, 1.54) is 12.1 Å². The minimum absolute atomic E-state index is 0.0116. The molecule has 0 spiro atoms. The van der Waals surface area contributed by atoms with Crippen LogP contribution in [0.1, 0.15) is 11.1 Å². The first kappa shape index (κ1) is 12.9. The number of ether oxygens (including phenoxy) is 1. The van der Waals surface area contributed by atoms with Crippen molar-refractivity contribution in [2.24, 2.45) is 0 Å². The van der Waals surface area contributed by atoms with Gasteiger partial charge in [0.1, 0.15) is 18.2 Å². The molecule has 0 aromatic heterocycles. The topological polar surface area (TPSA) is 32.7 Å². The first-order valence-electron chi connectivity index (χ1n) is 6.62. The number of benzene rings is 2. The Morgan fingerprint density at radius 2 is 1.85 bits per heavy atom. The van der Waals surface area contributed by atoms with Crippen LogP contribution in [0.4, 0.5) is 10.1 Å². The summed E-state index contributed by atoms with van der Waals surface area (Å²) >= 11 is 0. The van der Waals surface area contributed by atoms with Crippen LogP contribution in [-0.4, -0.2) is 18.3 Å². The Bertz CT molecular complexity index is 598. The number of rotatable bonds is 3. The Hall–Kier alpha value is -2.07. The summed E-state index contributed by atoms with van der Waals surface area (Å²) in [5.41, 5.74) is 2.89. The molecule has 0 radical (unpaired) electrons. The van der Waals surface area contributed by atoms with Crippen molar-refractivity contribution in [3.8, 4) is 5.75 Å². The van der Waals surface area contributed by atoms with Gasteiger partial charge in [-0.05, 0) is 35.4 Å². The molecule has 3 nitrogen and oxygen atoms in total. The third-order valence-corrected chi connectivity index (χ3v) is 3.45. The van der Waals surface area contributed by atoms with Gasteiger partial charge in [0, 0.05) is 6.54 Å². The number of hydrogen-bond acceptors (Lipinski definition) is 3. The van der Waals surface area contributed by atoms with Crippen LogP contribution in [0.3, 0.4) is 0 Å². The van der Waals surface area contributed by atoms with Crippen LogP contribution in [0.15, 0.2) is 42.5 Å². The van der Waals surface area contributed by atoms with Crippen molar-refractivity contribution < 1.29 is 14.2 Å². The molecule has 0 bridgehead atoms. The molecule has 2 aromatic carbocycles. The number of nitrogens with zero attached hydrogens (tertiary/aromatic N) is 1. The average Bonchev–Trinajstić information content (AvgIpc) is 2.49. The van der Waals surface area contributed by atoms with Gasteiger partial charge in [-0.1, -0.05) is 18.2 Å². The zero-order chi connectivity index (χ0) is 13.9. The SMILES string of the molecule is OCc1ccc2c(c1)N(Cc1ccc(F)cc1)CCO2. The second-order valence-electron chi connectivity index (χ2n) is 4.86. The van der Waals surface area contributed by atoms with Gasteiger partial charge in [-0.15, -0.1) is 0 Å². The maximum Gasteiger partial charge on any atom is 0.142 e. The van der Waals surface area contributed by atoms with E-state index in [2.05, 4.69) is 4.90 Å². The van der Waals surface area contributed by atoms with Crippen LogP contribution in [0.5, 0.6) is 5.75 Å². The van der Waals surface area contributed by atoms with Gasteiger partial charge in [0.05, 0.1) is 18.8 Å². The fourth-order valence-corrected chi connectivity index (χ4v) is 2.39. The fourth-order valence-electron chi connectivity index (χ4n) is 2.39. The molecule has 1 heterocycles. The first-order chi connectivity index (χ1) is 9.76. The van der Waals surface area contributed by atoms with Crippen LogP contribution >= 0.6 is 0 Å².